The van der Waals surface area contributed by atoms with Gasteiger partial charge in [0.2, 0.25) is 0 Å². The molecule has 110 valence electrons. The molecule has 21 heavy (non-hydrogen) atoms. The number of benzene rings is 2. The smallest absolute Gasteiger partial charge is 0.256 e. The van der Waals surface area contributed by atoms with E-state index in [9.17, 15) is 4.79 Å². The van der Waals surface area contributed by atoms with Crippen LogP contribution in [0.3, 0.4) is 0 Å². The van der Waals surface area contributed by atoms with E-state index in [1.807, 2.05) is 24.3 Å². The fourth-order valence-corrected chi connectivity index (χ4v) is 2.43. The summed E-state index contributed by atoms with van der Waals surface area (Å²) < 4.78 is 5.70. The van der Waals surface area contributed by atoms with Crippen LogP contribution in [0.1, 0.15) is 15.9 Å². The third-order valence-electron chi connectivity index (χ3n) is 3.11. The molecule has 0 radical (unpaired) electrons. The molecule has 2 aromatic rings. The zero-order chi connectivity index (χ0) is 15.2. The third-order valence-corrected chi connectivity index (χ3v) is 4.00. The molecular weight excluding hydrogens is 332 g/mol. The van der Waals surface area contributed by atoms with Crippen LogP contribution in [-0.4, -0.2) is 19.6 Å². The quantitative estimate of drug-likeness (QED) is 0.813. The second-order valence-corrected chi connectivity index (χ2v) is 5.36. The average Bonchev–Trinajstić information content (AvgIpc) is 2.49. The number of rotatable bonds is 5. The van der Waals surface area contributed by atoms with Crippen molar-refractivity contribution in [3.8, 4) is 0 Å². The lowest BCUT2D eigenvalue weighted by Crippen LogP contribution is -2.15. The SMILES string of the molecule is COCCc1ccccc1NC(=O)c1cccc(N)c1Br. The molecule has 0 bridgehead atoms. The molecule has 0 atom stereocenters. The Bertz CT molecular complexity index is 644. The summed E-state index contributed by atoms with van der Waals surface area (Å²) in [4.78, 5) is 12.4. The van der Waals surface area contributed by atoms with Gasteiger partial charge in [0.15, 0.2) is 0 Å². The standard InChI is InChI=1S/C16H17BrN2O2/c1-21-10-9-11-5-2-3-8-14(11)19-16(20)12-6-4-7-13(18)15(12)17/h2-8H,9-10,18H2,1H3,(H,19,20). The Kier molecular flexibility index (Phi) is 5.36. The number of anilines is 2. The molecule has 5 heteroatoms. The Labute approximate surface area is 132 Å². The van der Waals surface area contributed by atoms with Gasteiger partial charge in [-0.25, -0.2) is 0 Å². The molecule has 0 heterocycles. The van der Waals surface area contributed by atoms with Crippen LogP contribution in [0, 0.1) is 0 Å². The van der Waals surface area contributed by atoms with E-state index in [0.717, 1.165) is 17.7 Å². The van der Waals surface area contributed by atoms with Crippen LogP contribution in [0.25, 0.3) is 0 Å². The first-order valence-corrected chi connectivity index (χ1v) is 7.35. The summed E-state index contributed by atoms with van der Waals surface area (Å²) in [6.45, 7) is 0.606. The van der Waals surface area contributed by atoms with Crippen LogP contribution in [-0.2, 0) is 11.2 Å². The first-order valence-electron chi connectivity index (χ1n) is 6.55. The molecule has 0 spiro atoms. The number of halogens is 1. The Morgan fingerprint density at radius 2 is 2.00 bits per heavy atom. The topological polar surface area (TPSA) is 64.3 Å². The Morgan fingerprint density at radius 1 is 1.24 bits per heavy atom. The first kappa shape index (κ1) is 15.5. The van der Waals surface area contributed by atoms with Gasteiger partial charge in [0.1, 0.15) is 0 Å². The molecular formula is C16H17BrN2O2. The van der Waals surface area contributed by atoms with Crippen molar-refractivity contribution in [2.24, 2.45) is 0 Å². The number of carbonyl (C=O) groups is 1. The second kappa shape index (κ2) is 7.24. The predicted molar refractivity (Wildman–Crippen MR) is 88.5 cm³/mol. The number of para-hydroxylation sites is 1. The normalized spacial score (nSPS) is 10.4. The average molecular weight is 349 g/mol. The van der Waals surface area contributed by atoms with E-state index in [0.29, 0.717) is 22.3 Å². The van der Waals surface area contributed by atoms with Gasteiger partial charge >= 0.3 is 0 Å². The van der Waals surface area contributed by atoms with Gasteiger partial charge in [-0.2, -0.15) is 0 Å². The molecule has 0 saturated carbocycles. The van der Waals surface area contributed by atoms with E-state index in [1.54, 1.807) is 25.3 Å². The number of methoxy groups -OCH3 is 1. The lowest BCUT2D eigenvalue weighted by molar-refractivity contribution is 0.102. The fourth-order valence-electron chi connectivity index (χ4n) is 1.99. The van der Waals surface area contributed by atoms with Crippen molar-refractivity contribution in [1.29, 1.82) is 0 Å². The molecule has 1 amide bonds. The van der Waals surface area contributed by atoms with Gasteiger partial charge in [-0.3, -0.25) is 4.79 Å². The molecule has 2 aromatic carbocycles. The summed E-state index contributed by atoms with van der Waals surface area (Å²) in [5.74, 6) is -0.195. The van der Waals surface area contributed by atoms with E-state index in [2.05, 4.69) is 21.2 Å². The molecule has 2 rings (SSSR count). The van der Waals surface area contributed by atoms with Crippen LogP contribution in [0.2, 0.25) is 0 Å². The number of carbonyl (C=O) groups excluding carboxylic acids is 1. The second-order valence-electron chi connectivity index (χ2n) is 4.56. The van der Waals surface area contributed by atoms with Crippen LogP contribution in [0.5, 0.6) is 0 Å². The minimum atomic E-state index is -0.195. The molecule has 0 aliphatic heterocycles. The Balaban J connectivity index is 2.22. The molecule has 0 saturated heterocycles. The van der Waals surface area contributed by atoms with Crippen LogP contribution in [0.4, 0.5) is 11.4 Å². The maximum absolute atomic E-state index is 12.4. The van der Waals surface area contributed by atoms with Crippen LogP contribution in [0.15, 0.2) is 46.9 Å². The summed E-state index contributed by atoms with van der Waals surface area (Å²) in [6.07, 6.45) is 0.741. The number of hydrogen-bond acceptors (Lipinski definition) is 3. The molecule has 0 fully saturated rings. The lowest BCUT2D eigenvalue weighted by atomic mass is 10.1. The van der Waals surface area contributed by atoms with Crippen molar-refractivity contribution < 1.29 is 9.53 Å². The predicted octanol–water partition coefficient (Wildman–Crippen LogP) is 3.47. The summed E-state index contributed by atoms with van der Waals surface area (Å²) in [7, 11) is 1.66. The van der Waals surface area contributed by atoms with Gasteiger partial charge in [-0.05, 0) is 46.1 Å². The third kappa shape index (κ3) is 3.83. The Hall–Kier alpha value is -1.85. The zero-order valence-electron chi connectivity index (χ0n) is 11.7. The zero-order valence-corrected chi connectivity index (χ0v) is 13.3. The molecule has 4 nitrogen and oxygen atoms in total. The van der Waals surface area contributed by atoms with Crippen molar-refractivity contribution in [3.05, 3.63) is 58.1 Å². The van der Waals surface area contributed by atoms with Gasteiger partial charge < -0.3 is 15.8 Å². The lowest BCUT2D eigenvalue weighted by Gasteiger charge is -2.12. The number of nitrogens with one attached hydrogen (secondary N) is 1. The summed E-state index contributed by atoms with van der Waals surface area (Å²) in [5.41, 5.74) is 8.67. The van der Waals surface area contributed by atoms with Crippen LogP contribution >= 0.6 is 15.9 Å². The van der Waals surface area contributed by atoms with Crippen LogP contribution < -0.4 is 11.1 Å². The maximum Gasteiger partial charge on any atom is 0.256 e. The number of ether oxygens (including phenoxy) is 1. The van der Waals surface area contributed by atoms with Crippen molar-refractivity contribution in [3.63, 3.8) is 0 Å². The van der Waals surface area contributed by atoms with E-state index in [4.69, 9.17) is 10.5 Å². The van der Waals surface area contributed by atoms with Crippen molar-refractivity contribution in [1.82, 2.24) is 0 Å². The number of nitrogen functional groups attached to an aromatic ring is 1. The number of nitrogens with two attached hydrogens (primary N) is 1. The summed E-state index contributed by atoms with van der Waals surface area (Å²) >= 11 is 3.35. The molecule has 3 N–H and O–H groups in total. The van der Waals surface area contributed by atoms with Gasteiger partial charge in [-0.1, -0.05) is 24.3 Å². The van der Waals surface area contributed by atoms with Gasteiger partial charge in [0, 0.05) is 18.5 Å². The van der Waals surface area contributed by atoms with Crippen molar-refractivity contribution in [2.45, 2.75) is 6.42 Å². The highest BCUT2D eigenvalue weighted by molar-refractivity contribution is 9.10. The van der Waals surface area contributed by atoms with E-state index < -0.39 is 0 Å². The summed E-state index contributed by atoms with van der Waals surface area (Å²) in [6, 6.07) is 12.9. The van der Waals surface area contributed by atoms with E-state index in [1.165, 1.54) is 0 Å². The number of amides is 1. The summed E-state index contributed by atoms with van der Waals surface area (Å²) in [5, 5.41) is 2.92. The van der Waals surface area contributed by atoms with Crippen molar-refractivity contribution >= 4 is 33.2 Å². The van der Waals surface area contributed by atoms with E-state index >= 15 is 0 Å². The van der Waals surface area contributed by atoms with Gasteiger partial charge in [-0.15, -0.1) is 0 Å². The Morgan fingerprint density at radius 3 is 2.76 bits per heavy atom. The highest BCUT2D eigenvalue weighted by Crippen LogP contribution is 2.25. The molecule has 0 unspecified atom stereocenters. The van der Waals surface area contributed by atoms with Gasteiger partial charge in [0.05, 0.1) is 16.6 Å². The fraction of sp³-hybridized carbons (Fsp3) is 0.188. The first-order chi connectivity index (χ1) is 10.1. The molecule has 0 aliphatic rings. The number of hydrogen-bond donors (Lipinski definition) is 2. The minimum absolute atomic E-state index is 0.195. The minimum Gasteiger partial charge on any atom is -0.398 e. The monoisotopic (exact) mass is 348 g/mol. The van der Waals surface area contributed by atoms with E-state index in [-0.39, 0.29) is 5.91 Å². The highest BCUT2D eigenvalue weighted by atomic mass is 79.9. The maximum atomic E-state index is 12.4. The van der Waals surface area contributed by atoms with Gasteiger partial charge in [0.25, 0.3) is 5.91 Å². The molecule has 0 aliphatic carbocycles. The largest absolute Gasteiger partial charge is 0.398 e. The molecule has 0 aromatic heterocycles. The van der Waals surface area contributed by atoms with Crippen molar-refractivity contribution in [2.75, 3.05) is 24.8 Å². The highest BCUT2D eigenvalue weighted by Gasteiger charge is 2.13.